The normalized spacial score (nSPS) is 50.0. The van der Waals surface area contributed by atoms with E-state index in [9.17, 15) is 34.8 Å². The average Bonchev–Trinajstić information content (AvgIpc) is 2.98. The number of carbonyl (C=O) groups is 3. The molecule has 32 heavy (non-hydrogen) atoms. The van der Waals surface area contributed by atoms with Gasteiger partial charge in [-0.1, -0.05) is 13.8 Å². The van der Waals surface area contributed by atoms with E-state index >= 15 is 4.39 Å². The van der Waals surface area contributed by atoms with E-state index in [2.05, 4.69) is 0 Å². The molecule has 4 aliphatic carbocycles. The van der Waals surface area contributed by atoms with Crippen molar-refractivity contribution in [3.63, 3.8) is 0 Å². The fourth-order valence-electron chi connectivity index (χ4n) is 8.10. The zero-order chi connectivity index (χ0) is 23.8. The lowest BCUT2D eigenvalue weighted by Crippen LogP contribution is -2.66. The number of hydrogen-bond donors (Lipinski definition) is 5. The number of rotatable bonds is 4. The van der Waals surface area contributed by atoms with Crippen molar-refractivity contribution in [2.24, 2.45) is 34.5 Å². The van der Waals surface area contributed by atoms with E-state index in [0.29, 0.717) is 19.3 Å². The molecule has 0 aromatic carbocycles. The number of ketones is 2. The van der Waals surface area contributed by atoms with Crippen molar-refractivity contribution in [1.29, 1.82) is 0 Å². The van der Waals surface area contributed by atoms with Gasteiger partial charge in [-0.15, -0.1) is 0 Å². The molecule has 0 aromatic heterocycles. The Balaban J connectivity index is 1.68. The molecule has 5 N–H and O–H groups in total. The molecule has 0 amide bonds. The first-order valence-corrected chi connectivity index (χ1v) is 11.5. The maximum Gasteiger partial charge on any atom is 0.335 e. The van der Waals surface area contributed by atoms with Crippen molar-refractivity contribution >= 4 is 17.5 Å². The second-order valence-corrected chi connectivity index (χ2v) is 11.1. The van der Waals surface area contributed by atoms with Crippen molar-refractivity contribution < 1.29 is 44.3 Å². The summed E-state index contributed by atoms with van der Waals surface area (Å²) in [6.07, 6.45) is -5.42. The number of alkyl halides is 1. The molecule has 11 atom stereocenters. The molecule has 0 radical (unpaired) electrons. The lowest BCUT2D eigenvalue weighted by Gasteiger charge is -2.62. The number of halogens is 1. The molecule has 0 saturated heterocycles. The summed E-state index contributed by atoms with van der Waals surface area (Å²) in [7, 11) is 0. The molecule has 4 aliphatic rings. The molecule has 3 unspecified atom stereocenters. The predicted octanol–water partition coefficient (Wildman–Crippen LogP) is 0.624. The van der Waals surface area contributed by atoms with Gasteiger partial charge in [-0.3, -0.25) is 9.59 Å². The van der Waals surface area contributed by atoms with Gasteiger partial charge < -0.3 is 25.5 Å². The third kappa shape index (κ3) is 3.04. The first kappa shape index (κ1) is 23.7. The highest BCUT2D eigenvalue weighted by molar-refractivity contribution is 5.96. The second kappa shape index (κ2) is 7.55. The number of hydrogen-bond acceptors (Lipinski definition) is 7. The van der Waals surface area contributed by atoms with Gasteiger partial charge in [0.05, 0.1) is 6.10 Å². The van der Waals surface area contributed by atoms with Gasteiger partial charge in [-0.25, -0.2) is 9.18 Å². The van der Waals surface area contributed by atoms with Crippen LogP contribution in [0.15, 0.2) is 0 Å². The maximum absolute atomic E-state index is 15.4. The van der Waals surface area contributed by atoms with Crippen LogP contribution in [0, 0.1) is 34.5 Å². The molecular formula is C23H33FO8. The summed E-state index contributed by atoms with van der Waals surface area (Å²) in [5.74, 6) is -4.31. The summed E-state index contributed by atoms with van der Waals surface area (Å²) in [5.41, 5.74) is -3.93. The molecule has 180 valence electrons. The number of aliphatic carboxylic acids is 1. The zero-order valence-corrected chi connectivity index (χ0v) is 18.4. The summed E-state index contributed by atoms with van der Waals surface area (Å²) in [6, 6.07) is 0. The molecular weight excluding hydrogens is 423 g/mol. The lowest BCUT2D eigenvalue weighted by atomic mass is 9.43. The summed E-state index contributed by atoms with van der Waals surface area (Å²) in [5, 5.41) is 51.5. The standard InChI is InChI=1S/C23H33FO8/c1-21-5-3-10(25)7-13(21)14(24)8-11-12-4-6-23(32,19(29)17(27)18(28)20(30)31)22(12,2)9-15(26)16(11)21/h11-18,26-28,32H,3-9H2,1-2H3,(H,30,31)/t11-,12-,13?,14+,15+,16+,17?,18?,21-,22-,23-/m0/s1. The molecule has 0 aliphatic heterocycles. The van der Waals surface area contributed by atoms with Crippen LogP contribution in [0.3, 0.4) is 0 Å². The Morgan fingerprint density at radius 1 is 1.12 bits per heavy atom. The van der Waals surface area contributed by atoms with Crippen molar-refractivity contribution in [2.75, 3.05) is 0 Å². The molecule has 9 heteroatoms. The van der Waals surface area contributed by atoms with Crippen LogP contribution in [0.1, 0.15) is 58.8 Å². The molecule has 0 aromatic rings. The molecule has 4 rings (SSSR count). The second-order valence-electron chi connectivity index (χ2n) is 11.1. The van der Waals surface area contributed by atoms with E-state index in [4.69, 9.17) is 5.11 Å². The van der Waals surface area contributed by atoms with Gasteiger partial charge in [0, 0.05) is 24.2 Å². The minimum absolute atomic E-state index is 0.0319. The van der Waals surface area contributed by atoms with Gasteiger partial charge in [0.1, 0.15) is 17.6 Å². The number of Topliss-reactive ketones (excluding diaryl/α,β-unsaturated/α-hetero) is 2. The molecule has 0 bridgehead atoms. The number of carboxylic acid groups (broad SMARTS) is 1. The van der Waals surface area contributed by atoms with Crippen LogP contribution in [0.25, 0.3) is 0 Å². The topological polar surface area (TPSA) is 152 Å². The number of aliphatic hydroxyl groups excluding tert-OH is 3. The van der Waals surface area contributed by atoms with Crippen molar-refractivity contribution in [3.8, 4) is 0 Å². The smallest absolute Gasteiger partial charge is 0.335 e. The Morgan fingerprint density at radius 3 is 2.41 bits per heavy atom. The fourth-order valence-corrected chi connectivity index (χ4v) is 8.10. The minimum Gasteiger partial charge on any atom is -0.479 e. The average molecular weight is 457 g/mol. The Kier molecular flexibility index (Phi) is 5.60. The van der Waals surface area contributed by atoms with E-state index in [1.54, 1.807) is 6.92 Å². The van der Waals surface area contributed by atoms with Gasteiger partial charge in [0.2, 0.25) is 0 Å². The quantitative estimate of drug-likeness (QED) is 0.413. The van der Waals surface area contributed by atoms with E-state index < -0.39 is 58.6 Å². The highest BCUT2D eigenvalue weighted by Gasteiger charge is 2.70. The van der Waals surface area contributed by atoms with Crippen LogP contribution in [-0.4, -0.2) is 73.2 Å². The van der Waals surface area contributed by atoms with Crippen molar-refractivity contribution in [3.05, 3.63) is 0 Å². The van der Waals surface area contributed by atoms with Crippen LogP contribution in [0.2, 0.25) is 0 Å². The molecule has 0 heterocycles. The number of carbonyl (C=O) groups excluding carboxylic acids is 2. The molecule has 0 spiro atoms. The summed E-state index contributed by atoms with van der Waals surface area (Å²) < 4.78 is 15.4. The van der Waals surface area contributed by atoms with Gasteiger partial charge >= 0.3 is 5.97 Å². The number of carboxylic acids is 1. The summed E-state index contributed by atoms with van der Waals surface area (Å²) >= 11 is 0. The van der Waals surface area contributed by atoms with E-state index in [1.807, 2.05) is 6.92 Å². The van der Waals surface area contributed by atoms with Crippen LogP contribution >= 0.6 is 0 Å². The number of fused-ring (bicyclic) bond motifs is 5. The third-order valence-electron chi connectivity index (χ3n) is 9.77. The van der Waals surface area contributed by atoms with Crippen molar-refractivity contribution in [2.45, 2.75) is 88.9 Å². The Hall–Kier alpha value is -1.42. The van der Waals surface area contributed by atoms with Gasteiger partial charge in [-0.2, -0.15) is 0 Å². The summed E-state index contributed by atoms with van der Waals surface area (Å²) in [6.45, 7) is 3.58. The first-order chi connectivity index (χ1) is 14.8. The predicted molar refractivity (Wildman–Crippen MR) is 108 cm³/mol. The minimum atomic E-state index is -2.38. The van der Waals surface area contributed by atoms with Crippen LogP contribution in [0.5, 0.6) is 0 Å². The van der Waals surface area contributed by atoms with Crippen LogP contribution < -0.4 is 0 Å². The van der Waals surface area contributed by atoms with Crippen LogP contribution in [-0.2, 0) is 14.4 Å². The van der Waals surface area contributed by atoms with Gasteiger partial charge in [0.25, 0.3) is 0 Å². The zero-order valence-electron chi connectivity index (χ0n) is 18.4. The molecule has 4 saturated carbocycles. The largest absolute Gasteiger partial charge is 0.479 e. The van der Waals surface area contributed by atoms with Gasteiger partial charge in [0.15, 0.2) is 18.0 Å². The van der Waals surface area contributed by atoms with Crippen LogP contribution in [0.4, 0.5) is 4.39 Å². The Morgan fingerprint density at radius 2 is 1.78 bits per heavy atom. The Bertz CT molecular complexity index is 833. The highest BCUT2D eigenvalue weighted by Crippen LogP contribution is 2.68. The summed E-state index contributed by atoms with van der Waals surface area (Å²) in [4.78, 5) is 36.1. The molecule has 4 fully saturated rings. The third-order valence-corrected chi connectivity index (χ3v) is 9.77. The van der Waals surface area contributed by atoms with E-state index in [1.165, 1.54) is 0 Å². The monoisotopic (exact) mass is 456 g/mol. The lowest BCUT2D eigenvalue weighted by molar-refractivity contribution is -0.212. The van der Waals surface area contributed by atoms with E-state index in [0.717, 1.165) is 0 Å². The highest BCUT2D eigenvalue weighted by atomic mass is 19.1. The van der Waals surface area contributed by atoms with Gasteiger partial charge in [-0.05, 0) is 55.3 Å². The van der Waals surface area contributed by atoms with Crippen molar-refractivity contribution in [1.82, 2.24) is 0 Å². The number of aliphatic hydroxyl groups is 4. The fraction of sp³-hybridized carbons (Fsp3) is 0.870. The first-order valence-electron chi connectivity index (χ1n) is 11.5. The Labute approximate surface area is 185 Å². The van der Waals surface area contributed by atoms with E-state index in [-0.39, 0.29) is 49.2 Å². The SMILES string of the molecule is C[C@]12CCC(=O)CC1[C@H](F)C[C@@H]1[C@@H]2[C@H](O)C[C@@]2(C)[C@H]1CC[C@]2(O)C(=O)C(O)C(O)C(=O)O. The maximum atomic E-state index is 15.4. The molecule has 8 nitrogen and oxygen atoms in total.